The van der Waals surface area contributed by atoms with Gasteiger partial charge in [-0.3, -0.25) is 5.32 Å². The fraction of sp³-hybridized carbons (Fsp3) is 0.357. The van der Waals surface area contributed by atoms with Gasteiger partial charge in [-0.05, 0) is 26.0 Å². The highest BCUT2D eigenvalue weighted by molar-refractivity contribution is 5.44. The predicted molar refractivity (Wildman–Crippen MR) is 69.2 cm³/mol. The first kappa shape index (κ1) is 12.0. The number of nitrogens with zero attached hydrogens (tertiary/aromatic N) is 1. The van der Waals surface area contributed by atoms with Crippen LogP contribution in [0.4, 0.5) is 0 Å². The van der Waals surface area contributed by atoms with Gasteiger partial charge in [0.05, 0.1) is 18.3 Å². The summed E-state index contributed by atoms with van der Waals surface area (Å²) in [4.78, 5) is 4.33. The molecule has 0 saturated heterocycles. The van der Waals surface area contributed by atoms with Crippen molar-refractivity contribution in [1.82, 2.24) is 10.3 Å². The van der Waals surface area contributed by atoms with E-state index < -0.39 is 0 Å². The van der Waals surface area contributed by atoms with Gasteiger partial charge in [-0.1, -0.05) is 0 Å². The Balaban J connectivity index is 1.70. The Morgan fingerprint density at radius 3 is 3.00 bits per heavy atom. The molecule has 0 bridgehead atoms. The normalized spacial score (nSPS) is 17.3. The lowest BCUT2D eigenvalue weighted by molar-refractivity contribution is 0.304. The molecule has 1 unspecified atom stereocenters. The lowest BCUT2D eigenvalue weighted by atomic mass is 10.1. The third-order valence-electron chi connectivity index (χ3n) is 3.35. The van der Waals surface area contributed by atoms with Crippen LogP contribution in [0, 0.1) is 13.8 Å². The van der Waals surface area contributed by atoms with E-state index in [9.17, 15) is 5.11 Å². The summed E-state index contributed by atoms with van der Waals surface area (Å²) in [7, 11) is 0. The Hall–Kier alpha value is -2.01. The van der Waals surface area contributed by atoms with Gasteiger partial charge in [0.15, 0.2) is 0 Å². The van der Waals surface area contributed by atoms with Crippen LogP contribution in [0.2, 0.25) is 0 Å². The van der Waals surface area contributed by atoms with Gasteiger partial charge in [-0.15, -0.1) is 0 Å². The number of oxazole rings is 1. The average Bonchev–Trinajstić information content (AvgIpc) is 2.91. The lowest BCUT2D eigenvalue weighted by Crippen LogP contribution is -2.22. The first-order chi connectivity index (χ1) is 9.13. The Kier molecular flexibility index (Phi) is 2.91. The third kappa shape index (κ3) is 2.29. The molecule has 1 aliphatic heterocycles. The summed E-state index contributed by atoms with van der Waals surface area (Å²) >= 11 is 0. The van der Waals surface area contributed by atoms with Crippen LogP contribution in [-0.2, 0) is 6.54 Å². The number of ether oxygens (including phenoxy) is 1. The number of rotatable bonds is 3. The van der Waals surface area contributed by atoms with Crippen molar-refractivity contribution in [2.24, 2.45) is 0 Å². The van der Waals surface area contributed by atoms with E-state index in [1.807, 2.05) is 19.9 Å². The fourth-order valence-electron chi connectivity index (χ4n) is 2.19. The van der Waals surface area contributed by atoms with Gasteiger partial charge < -0.3 is 14.3 Å². The van der Waals surface area contributed by atoms with E-state index in [2.05, 4.69) is 10.3 Å². The molecule has 0 aliphatic carbocycles. The number of phenols is 1. The maximum absolute atomic E-state index is 9.40. The summed E-state index contributed by atoms with van der Waals surface area (Å²) in [5, 5.41) is 12.7. The van der Waals surface area contributed by atoms with E-state index in [0.717, 1.165) is 22.8 Å². The maximum Gasteiger partial charge on any atom is 0.208 e. The Bertz CT molecular complexity index is 587. The molecular weight excluding hydrogens is 244 g/mol. The van der Waals surface area contributed by atoms with Crippen molar-refractivity contribution in [2.75, 3.05) is 6.61 Å². The number of nitrogens with one attached hydrogen (secondary N) is 1. The molecule has 0 spiro atoms. The van der Waals surface area contributed by atoms with Gasteiger partial charge >= 0.3 is 0 Å². The molecule has 2 N–H and O–H groups in total. The van der Waals surface area contributed by atoms with Gasteiger partial charge in [-0.25, -0.2) is 4.98 Å². The zero-order valence-corrected chi connectivity index (χ0v) is 10.9. The SMILES string of the molecule is Cc1nc(CNC2COc3cc(O)ccc32)oc1C. The molecule has 0 amide bonds. The predicted octanol–water partition coefficient (Wildman–Crippen LogP) is 2.22. The van der Waals surface area contributed by atoms with Crippen molar-refractivity contribution in [3.05, 3.63) is 41.1 Å². The largest absolute Gasteiger partial charge is 0.508 e. The molecule has 0 saturated carbocycles. The molecule has 5 heteroatoms. The lowest BCUT2D eigenvalue weighted by Gasteiger charge is -2.09. The van der Waals surface area contributed by atoms with Crippen LogP contribution in [0.25, 0.3) is 0 Å². The maximum atomic E-state index is 9.40. The van der Waals surface area contributed by atoms with Crippen molar-refractivity contribution in [2.45, 2.75) is 26.4 Å². The van der Waals surface area contributed by atoms with Crippen molar-refractivity contribution >= 4 is 0 Å². The summed E-state index contributed by atoms with van der Waals surface area (Å²) in [6.07, 6.45) is 0. The van der Waals surface area contributed by atoms with Crippen LogP contribution in [0.5, 0.6) is 11.5 Å². The van der Waals surface area contributed by atoms with Gasteiger partial charge in [0.2, 0.25) is 5.89 Å². The van der Waals surface area contributed by atoms with Crippen molar-refractivity contribution in [3.8, 4) is 11.5 Å². The Morgan fingerprint density at radius 1 is 1.42 bits per heavy atom. The topological polar surface area (TPSA) is 67.5 Å². The van der Waals surface area contributed by atoms with E-state index in [-0.39, 0.29) is 11.8 Å². The average molecular weight is 260 g/mol. The first-order valence-electron chi connectivity index (χ1n) is 6.25. The van der Waals surface area contributed by atoms with Crippen molar-refractivity contribution in [3.63, 3.8) is 0 Å². The van der Waals surface area contributed by atoms with Crippen LogP contribution in [0.15, 0.2) is 22.6 Å². The Labute approximate surface area is 111 Å². The van der Waals surface area contributed by atoms with Crippen LogP contribution < -0.4 is 10.1 Å². The van der Waals surface area contributed by atoms with Gasteiger partial charge in [0.1, 0.15) is 23.9 Å². The summed E-state index contributed by atoms with van der Waals surface area (Å²) < 4.78 is 11.1. The quantitative estimate of drug-likeness (QED) is 0.885. The molecule has 2 aromatic rings. The van der Waals surface area contributed by atoms with E-state index in [1.165, 1.54) is 0 Å². The highest BCUT2D eigenvalue weighted by Gasteiger charge is 2.24. The minimum absolute atomic E-state index is 0.100. The smallest absolute Gasteiger partial charge is 0.208 e. The summed E-state index contributed by atoms with van der Waals surface area (Å²) in [5.41, 5.74) is 1.97. The number of aromatic hydroxyl groups is 1. The van der Waals surface area contributed by atoms with E-state index in [1.54, 1.807) is 12.1 Å². The Morgan fingerprint density at radius 2 is 2.26 bits per heavy atom. The molecule has 3 rings (SSSR count). The number of phenolic OH excluding ortho intramolecular Hbond substituents is 1. The fourth-order valence-corrected chi connectivity index (χ4v) is 2.19. The second kappa shape index (κ2) is 4.59. The van der Waals surface area contributed by atoms with Crippen LogP contribution >= 0.6 is 0 Å². The van der Waals surface area contributed by atoms with Crippen molar-refractivity contribution < 1.29 is 14.3 Å². The molecule has 1 aromatic heterocycles. The number of aromatic nitrogens is 1. The number of aryl methyl sites for hydroxylation is 2. The number of hydrogen-bond donors (Lipinski definition) is 2. The summed E-state index contributed by atoms with van der Waals surface area (Å²) in [6, 6.07) is 5.28. The number of hydrogen-bond acceptors (Lipinski definition) is 5. The van der Waals surface area contributed by atoms with Crippen LogP contribution in [-0.4, -0.2) is 16.7 Å². The monoisotopic (exact) mass is 260 g/mol. The molecule has 0 radical (unpaired) electrons. The zero-order chi connectivity index (χ0) is 13.4. The van der Waals surface area contributed by atoms with Gasteiger partial charge in [0.25, 0.3) is 0 Å². The molecule has 5 nitrogen and oxygen atoms in total. The molecule has 1 aromatic carbocycles. The second-order valence-electron chi connectivity index (χ2n) is 4.72. The second-order valence-corrected chi connectivity index (χ2v) is 4.72. The molecule has 2 heterocycles. The van der Waals surface area contributed by atoms with E-state index >= 15 is 0 Å². The zero-order valence-electron chi connectivity index (χ0n) is 10.9. The third-order valence-corrected chi connectivity index (χ3v) is 3.35. The van der Waals surface area contributed by atoms with E-state index in [0.29, 0.717) is 19.0 Å². The molecule has 100 valence electrons. The first-order valence-corrected chi connectivity index (χ1v) is 6.25. The van der Waals surface area contributed by atoms with Gasteiger partial charge in [0, 0.05) is 11.6 Å². The van der Waals surface area contributed by atoms with Crippen LogP contribution in [0.3, 0.4) is 0 Å². The molecule has 1 aliphatic rings. The highest BCUT2D eigenvalue weighted by Crippen LogP contribution is 2.34. The summed E-state index contributed by atoms with van der Waals surface area (Å²) in [5.74, 6) is 2.49. The number of fused-ring (bicyclic) bond motifs is 1. The molecule has 19 heavy (non-hydrogen) atoms. The highest BCUT2D eigenvalue weighted by atomic mass is 16.5. The number of benzene rings is 1. The summed E-state index contributed by atoms with van der Waals surface area (Å²) in [6.45, 7) is 4.95. The van der Waals surface area contributed by atoms with Crippen molar-refractivity contribution in [1.29, 1.82) is 0 Å². The standard InChI is InChI=1S/C14H16N2O3/c1-8-9(2)19-14(16-8)6-15-12-7-18-13-5-10(17)3-4-11(12)13/h3-5,12,15,17H,6-7H2,1-2H3. The molecule has 0 fully saturated rings. The minimum atomic E-state index is 0.100. The molecular formula is C14H16N2O3. The van der Waals surface area contributed by atoms with Gasteiger partial charge in [-0.2, -0.15) is 0 Å². The van der Waals surface area contributed by atoms with E-state index in [4.69, 9.17) is 9.15 Å². The molecule has 1 atom stereocenters. The minimum Gasteiger partial charge on any atom is -0.508 e. The van der Waals surface area contributed by atoms with Crippen LogP contribution in [0.1, 0.15) is 29.0 Å².